The molecule has 1 aromatic rings. The lowest BCUT2D eigenvalue weighted by Gasteiger charge is -2.41. The van der Waals surface area contributed by atoms with Crippen molar-refractivity contribution in [3.63, 3.8) is 0 Å². The van der Waals surface area contributed by atoms with Gasteiger partial charge in [0.25, 0.3) is 5.09 Å². The maximum atomic E-state index is 13.5. The van der Waals surface area contributed by atoms with Gasteiger partial charge in [0.2, 0.25) is 12.9 Å². The molecule has 0 amide bonds. The van der Waals surface area contributed by atoms with Gasteiger partial charge in [-0.05, 0) is 30.2 Å². The first-order valence-electron chi connectivity index (χ1n) is 9.83. The number of rotatable bonds is 10. The van der Waals surface area contributed by atoms with E-state index in [0.29, 0.717) is 0 Å². The number of hydrogen-bond acceptors (Lipinski definition) is 9. The van der Waals surface area contributed by atoms with E-state index in [1.165, 1.54) is 6.92 Å². The third-order valence-electron chi connectivity index (χ3n) is 4.43. The standard InChI is InChI=1S/C18H17F8NO9S/c1-2-10-6-12(37(22,23,24,25)26)7-11-8-13(15(18(19,20)21)36-14(10)11)16(28)33-9-34-17(29)32-4-3-5-35-27(30)31/h6-8,15H,2-5,9H2,1H3/t15-/m0/s1. The van der Waals surface area contributed by atoms with Crippen molar-refractivity contribution >= 4 is 28.4 Å². The van der Waals surface area contributed by atoms with Crippen molar-refractivity contribution in [2.24, 2.45) is 0 Å². The van der Waals surface area contributed by atoms with Gasteiger partial charge in [0.15, 0.2) is 0 Å². The second-order valence-electron chi connectivity index (χ2n) is 7.17. The van der Waals surface area contributed by atoms with Gasteiger partial charge < -0.3 is 23.8 Å². The van der Waals surface area contributed by atoms with Crippen molar-refractivity contribution < 1.29 is 71.1 Å². The van der Waals surface area contributed by atoms with E-state index in [0.717, 1.165) is 0 Å². The van der Waals surface area contributed by atoms with Gasteiger partial charge >= 0.3 is 28.5 Å². The highest BCUT2D eigenvalue weighted by molar-refractivity contribution is 8.45. The van der Waals surface area contributed by atoms with E-state index in [9.17, 15) is 52.3 Å². The van der Waals surface area contributed by atoms with Crippen molar-refractivity contribution in [2.45, 2.75) is 36.9 Å². The summed E-state index contributed by atoms with van der Waals surface area (Å²) in [6.07, 6.45) is -10.1. The molecule has 0 saturated heterocycles. The first-order chi connectivity index (χ1) is 16.7. The van der Waals surface area contributed by atoms with Crippen LogP contribution in [0.4, 0.5) is 37.4 Å². The molecule has 1 aliphatic heterocycles. The summed E-state index contributed by atoms with van der Waals surface area (Å²) in [5.41, 5.74) is -2.91. The number of fused-ring (bicyclic) bond motifs is 1. The first kappa shape index (κ1) is 29.7. The normalized spacial score (nSPS) is 17.2. The third-order valence-corrected chi connectivity index (χ3v) is 5.56. The molecule has 1 aliphatic rings. The Morgan fingerprint density at radius 1 is 1.08 bits per heavy atom. The number of benzene rings is 1. The number of carbonyl (C=O) groups is 2. The lowest BCUT2D eigenvalue weighted by atomic mass is 9.98. The average molecular weight is 575 g/mol. The maximum absolute atomic E-state index is 13.5. The van der Waals surface area contributed by atoms with Crippen LogP contribution in [0.2, 0.25) is 0 Å². The van der Waals surface area contributed by atoms with Gasteiger partial charge in [-0.2, -0.15) is 13.2 Å². The number of halogens is 8. The first-order valence-corrected chi connectivity index (χ1v) is 11.8. The summed E-state index contributed by atoms with van der Waals surface area (Å²) in [6.45, 7) is -1.01. The number of carbonyl (C=O) groups excluding carboxylic acids is 2. The van der Waals surface area contributed by atoms with Crippen LogP contribution in [0.25, 0.3) is 6.08 Å². The van der Waals surface area contributed by atoms with Gasteiger partial charge in [-0.15, -0.1) is 10.1 Å². The minimum absolute atomic E-state index is 0.0199. The second kappa shape index (κ2) is 9.75. The van der Waals surface area contributed by atoms with Crippen LogP contribution in [0.3, 0.4) is 0 Å². The molecule has 0 spiro atoms. The molecule has 0 aliphatic carbocycles. The van der Waals surface area contributed by atoms with E-state index in [-0.39, 0.29) is 24.6 Å². The summed E-state index contributed by atoms with van der Waals surface area (Å²) in [6, 6.07) is -0.166. The Labute approximate surface area is 201 Å². The lowest BCUT2D eigenvalue weighted by molar-refractivity contribution is -0.757. The SMILES string of the molecule is CCc1cc(S(F)(F)(F)(F)F)cc2c1O[C@H](C(F)(F)F)C(C(=O)OCOC(=O)OCCCO[N+](=O)[O-])=C2. The topological polar surface area (TPSA) is 123 Å². The molecule has 210 valence electrons. The van der Waals surface area contributed by atoms with Crippen LogP contribution in [-0.2, 0) is 30.3 Å². The van der Waals surface area contributed by atoms with Crippen LogP contribution in [0.1, 0.15) is 24.5 Å². The largest absolute Gasteiger partial charge is 0.511 e. The molecule has 37 heavy (non-hydrogen) atoms. The van der Waals surface area contributed by atoms with Crippen molar-refractivity contribution in [2.75, 3.05) is 20.0 Å². The van der Waals surface area contributed by atoms with Gasteiger partial charge in [0.1, 0.15) is 10.6 Å². The molecular formula is C18H17F8NO9S. The maximum Gasteiger partial charge on any atom is 0.511 e. The predicted octanol–water partition coefficient (Wildman–Crippen LogP) is 5.87. The van der Waals surface area contributed by atoms with Gasteiger partial charge in [0, 0.05) is 12.0 Å². The summed E-state index contributed by atoms with van der Waals surface area (Å²) in [7, 11) is -10.3. The van der Waals surface area contributed by atoms with Crippen LogP contribution >= 0.6 is 10.2 Å². The Bertz CT molecular complexity index is 1110. The molecule has 0 N–H and O–H groups in total. The number of aryl methyl sites for hydroxylation is 1. The van der Waals surface area contributed by atoms with Crippen LogP contribution in [0.5, 0.6) is 5.75 Å². The Hall–Kier alpha value is -3.51. The Kier molecular flexibility index (Phi) is 7.83. The molecule has 1 atom stereocenters. The molecular weight excluding hydrogens is 558 g/mol. The van der Waals surface area contributed by atoms with Crippen LogP contribution < -0.4 is 4.74 Å². The minimum Gasteiger partial charge on any atom is -0.475 e. The molecule has 0 bridgehead atoms. The van der Waals surface area contributed by atoms with Crippen molar-refractivity contribution in [3.8, 4) is 5.75 Å². The zero-order chi connectivity index (χ0) is 28.3. The van der Waals surface area contributed by atoms with Gasteiger partial charge in [0.05, 0.1) is 18.8 Å². The van der Waals surface area contributed by atoms with Crippen LogP contribution in [0, 0.1) is 10.1 Å². The highest BCUT2D eigenvalue weighted by Gasteiger charge is 2.66. The Balaban J connectivity index is 2.22. The van der Waals surface area contributed by atoms with E-state index in [2.05, 4.69) is 19.0 Å². The van der Waals surface area contributed by atoms with E-state index in [1.54, 1.807) is 0 Å². The average Bonchev–Trinajstić information content (AvgIpc) is 2.74. The van der Waals surface area contributed by atoms with E-state index >= 15 is 0 Å². The van der Waals surface area contributed by atoms with Gasteiger partial charge in [-0.25, -0.2) is 9.59 Å². The van der Waals surface area contributed by atoms with Crippen molar-refractivity contribution in [3.05, 3.63) is 38.9 Å². The molecule has 1 aromatic carbocycles. The molecule has 0 aromatic heterocycles. The van der Waals surface area contributed by atoms with Crippen molar-refractivity contribution in [1.29, 1.82) is 0 Å². The number of ether oxygens (including phenoxy) is 4. The number of nitrogens with zero attached hydrogens (tertiary/aromatic N) is 1. The third kappa shape index (κ3) is 8.25. The lowest BCUT2D eigenvalue weighted by Crippen LogP contribution is -2.41. The summed E-state index contributed by atoms with van der Waals surface area (Å²) >= 11 is 0. The monoisotopic (exact) mass is 575 g/mol. The fourth-order valence-corrected chi connectivity index (χ4v) is 3.58. The smallest absolute Gasteiger partial charge is 0.475 e. The quantitative estimate of drug-likeness (QED) is 0.0842. The summed E-state index contributed by atoms with van der Waals surface area (Å²) in [5, 5.41) is 8.84. The minimum atomic E-state index is -10.3. The molecule has 0 saturated carbocycles. The van der Waals surface area contributed by atoms with E-state index < -0.39 is 93.5 Å². The molecule has 10 nitrogen and oxygen atoms in total. The fourth-order valence-electron chi connectivity index (χ4n) is 2.86. The Morgan fingerprint density at radius 2 is 1.73 bits per heavy atom. The van der Waals surface area contributed by atoms with E-state index in [1.807, 2.05) is 0 Å². The summed E-state index contributed by atoms with van der Waals surface area (Å²) < 4.78 is 125. The number of esters is 1. The van der Waals surface area contributed by atoms with Gasteiger partial charge in [-0.1, -0.05) is 26.4 Å². The summed E-state index contributed by atoms with van der Waals surface area (Å²) in [4.78, 5) is 35.0. The zero-order valence-electron chi connectivity index (χ0n) is 18.4. The fraction of sp³-hybridized carbons (Fsp3) is 0.444. The van der Waals surface area contributed by atoms with Crippen molar-refractivity contribution in [1.82, 2.24) is 0 Å². The second-order valence-corrected chi connectivity index (χ2v) is 9.57. The van der Waals surface area contributed by atoms with E-state index in [4.69, 9.17) is 4.74 Å². The van der Waals surface area contributed by atoms with Gasteiger partial charge in [-0.3, -0.25) is 0 Å². The molecule has 0 radical (unpaired) electrons. The molecule has 2 rings (SSSR count). The van der Waals surface area contributed by atoms with Crippen LogP contribution in [-0.4, -0.2) is 49.5 Å². The number of alkyl halides is 3. The number of hydrogen-bond donors (Lipinski definition) is 0. The summed E-state index contributed by atoms with van der Waals surface area (Å²) in [5.74, 6) is -2.64. The molecule has 19 heteroatoms. The zero-order valence-corrected chi connectivity index (χ0v) is 19.2. The highest BCUT2D eigenvalue weighted by Crippen LogP contribution is 3.02. The molecule has 0 unspecified atom stereocenters. The van der Waals surface area contributed by atoms with Crippen LogP contribution in [0.15, 0.2) is 22.6 Å². The molecule has 0 fully saturated rings. The highest BCUT2D eigenvalue weighted by atomic mass is 32.5. The Morgan fingerprint density at radius 3 is 2.27 bits per heavy atom. The predicted molar refractivity (Wildman–Crippen MR) is 107 cm³/mol. The molecule has 1 heterocycles.